The Morgan fingerprint density at radius 1 is 1.33 bits per heavy atom. The second kappa shape index (κ2) is 10.3. The summed E-state index contributed by atoms with van der Waals surface area (Å²) in [5.41, 5.74) is 5.67. The summed E-state index contributed by atoms with van der Waals surface area (Å²) in [4.78, 5) is 41.4. The molecular weight excluding hydrogens is 408 g/mol. The number of nitrogens with zero attached hydrogens (tertiary/aromatic N) is 2. The molecule has 0 aliphatic carbocycles. The van der Waals surface area contributed by atoms with Crippen LogP contribution in [0.3, 0.4) is 0 Å². The Morgan fingerprint density at radius 2 is 2.03 bits per heavy atom. The largest absolute Gasteiger partial charge is 0.483 e. The lowest BCUT2D eigenvalue weighted by Gasteiger charge is -2.25. The lowest BCUT2D eigenvalue weighted by atomic mass is 10.2. The van der Waals surface area contributed by atoms with Gasteiger partial charge < -0.3 is 15.4 Å². The number of nitrogens with two attached hydrogens (primary N) is 1. The lowest BCUT2D eigenvalue weighted by molar-refractivity contribution is -0.120. The molecule has 164 valence electrons. The molecule has 0 bridgehead atoms. The highest BCUT2D eigenvalue weighted by molar-refractivity contribution is 6.30. The second-order valence-corrected chi connectivity index (χ2v) is 8.03. The van der Waals surface area contributed by atoms with Gasteiger partial charge >= 0.3 is 5.69 Å². The maximum absolute atomic E-state index is 13.0. The third-order valence-corrected chi connectivity index (χ3v) is 4.79. The van der Waals surface area contributed by atoms with E-state index >= 15 is 0 Å². The molecule has 0 fully saturated rings. The second-order valence-electron chi connectivity index (χ2n) is 7.60. The number of H-pyrrole nitrogens is 1. The standard InChI is InChI=1S/C21H29ClN4O4/c1-5-6-9-25(17(27)12-30-16-8-7-15(22)10-14(16)4)18-19(23)26(11-13(2)3)21(29)24-20(18)28/h7-8,10,13H,5-6,9,11-12,23H2,1-4H3,(H,24,28,29). The van der Waals surface area contributed by atoms with Crippen molar-refractivity contribution < 1.29 is 9.53 Å². The highest BCUT2D eigenvalue weighted by Gasteiger charge is 2.24. The van der Waals surface area contributed by atoms with Gasteiger partial charge in [0.25, 0.3) is 11.5 Å². The zero-order chi connectivity index (χ0) is 22.4. The molecule has 0 radical (unpaired) electrons. The van der Waals surface area contributed by atoms with Crippen molar-refractivity contribution in [1.29, 1.82) is 0 Å². The van der Waals surface area contributed by atoms with Crippen molar-refractivity contribution in [2.45, 2.75) is 47.1 Å². The number of halogens is 1. The highest BCUT2D eigenvalue weighted by Crippen LogP contribution is 2.23. The molecular formula is C21H29ClN4O4. The number of carbonyl (C=O) groups excluding carboxylic acids is 1. The monoisotopic (exact) mass is 436 g/mol. The number of hydrogen-bond donors (Lipinski definition) is 2. The molecule has 9 heteroatoms. The van der Waals surface area contributed by atoms with E-state index in [1.807, 2.05) is 27.7 Å². The average Bonchev–Trinajstić information content (AvgIpc) is 2.66. The number of benzene rings is 1. The smallest absolute Gasteiger partial charge is 0.330 e. The van der Waals surface area contributed by atoms with Gasteiger partial charge in [0.2, 0.25) is 0 Å². The molecule has 1 amide bonds. The number of aromatic amines is 1. The van der Waals surface area contributed by atoms with E-state index < -0.39 is 17.2 Å². The van der Waals surface area contributed by atoms with Crippen LogP contribution in [0.4, 0.5) is 11.5 Å². The van der Waals surface area contributed by atoms with E-state index in [9.17, 15) is 14.4 Å². The maximum atomic E-state index is 13.0. The molecule has 1 aromatic carbocycles. The van der Waals surface area contributed by atoms with Crippen LogP contribution in [0.15, 0.2) is 27.8 Å². The van der Waals surface area contributed by atoms with E-state index in [4.69, 9.17) is 22.1 Å². The Hall–Kier alpha value is -2.74. The van der Waals surface area contributed by atoms with Crippen LogP contribution in [-0.2, 0) is 11.3 Å². The van der Waals surface area contributed by atoms with Crippen LogP contribution < -0.4 is 26.6 Å². The third-order valence-electron chi connectivity index (χ3n) is 4.56. The summed E-state index contributed by atoms with van der Waals surface area (Å²) in [7, 11) is 0. The van der Waals surface area contributed by atoms with Crippen LogP contribution in [-0.4, -0.2) is 28.6 Å². The number of nitrogen functional groups attached to an aromatic ring is 1. The van der Waals surface area contributed by atoms with Crippen LogP contribution in [0.5, 0.6) is 5.75 Å². The van der Waals surface area contributed by atoms with Crippen LogP contribution >= 0.6 is 11.6 Å². The number of anilines is 2. The fourth-order valence-corrected chi connectivity index (χ4v) is 3.28. The minimum absolute atomic E-state index is 0.0230. The minimum Gasteiger partial charge on any atom is -0.483 e. The molecule has 0 saturated carbocycles. The quantitative estimate of drug-likeness (QED) is 0.627. The topological polar surface area (TPSA) is 110 Å². The number of aromatic nitrogens is 2. The van der Waals surface area contributed by atoms with Crippen molar-refractivity contribution >= 4 is 29.0 Å². The average molecular weight is 437 g/mol. The number of amides is 1. The molecule has 3 N–H and O–H groups in total. The number of rotatable bonds is 9. The van der Waals surface area contributed by atoms with Gasteiger partial charge in [-0.25, -0.2) is 4.79 Å². The number of nitrogens with one attached hydrogen (secondary N) is 1. The number of unbranched alkanes of at least 4 members (excludes halogenated alkanes) is 1. The Labute approximate surface area is 180 Å². The number of hydrogen-bond acceptors (Lipinski definition) is 5. The van der Waals surface area contributed by atoms with E-state index in [2.05, 4.69) is 4.98 Å². The van der Waals surface area contributed by atoms with Crippen molar-refractivity contribution in [1.82, 2.24) is 9.55 Å². The van der Waals surface area contributed by atoms with E-state index in [0.29, 0.717) is 23.7 Å². The maximum Gasteiger partial charge on any atom is 0.330 e. The summed E-state index contributed by atoms with van der Waals surface area (Å²) < 4.78 is 6.95. The number of ether oxygens (including phenoxy) is 1. The van der Waals surface area contributed by atoms with Crippen LogP contribution in [0, 0.1) is 12.8 Å². The normalized spacial score (nSPS) is 11.0. The van der Waals surface area contributed by atoms with Gasteiger partial charge in [0.1, 0.15) is 11.6 Å². The van der Waals surface area contributed by atoms with Gasteiger partial charge in [0.15, 0.2) is 12.3 Å². The van der Waals surface area contributed by atoms with Crippen molar-refractivity contribution in [3.8, 4) is 5.75 Å². The third kappa shape index (κ3) is 5.66. The fraction of sp³-hybridized carbons (Fsp3) is 0.476. The SMILES string of the molecule is CCCCN(C(=O)COc1ccc(Cl)cc1C)c1c(N)n(CC(C)C)c(=O)[nH]c1=O. The van der Waals surface area contributed by atoms with E-state index in [1.165, 1.54) is 9.47 Å². The predicted molar refractivity (Wildman–Crippen MR) is 120 cm³/mol. The van der Waals surface area contributed by atoms with Crippen molar-refractivity contribution in [3.05, 3.63) is 49.6 Å². The van der Waals surface area contributed by atoms with Gasteiger partial charge in [-0.2, -0.15) is 0 Å². The van der Waals surface area contributed by atoms with E-state index in [1.54, 1.807) is 18.2 Å². The molecule has 0 atom stereocenters. The molecule has 30 heavy (non-hydrogen) atoms. The van der Waals surface area contributed by atoms with Gasteiger partial charge in [-0.15, -0.1) is 0 Å². The summed E-state index contributed by atoms with van der Waals surface area (Å²) in [6.45, 7) is 7.98. The highest BCUT2D eigenvalue weighted by atomic mass is 35.5. The van der Waals surface area contributed by atoms with Gasteiger partial charge in [-0.1, -0.05) is 38.8 Å². The van der Waals surface area contributed by atoms with Crippen LogP contribution in [0.2, 0.25) is 5.02 Å². The molecule has 0 unspecified atom stereocenters. The van der Waals surface area contributed by atoms with Gasteiger partial charge in [0.05, 0.1) is 0 Å². The Balaban J connectivity index is 2.38. The molecule has 2 rings (SSSR count). The first-order valence-electron chi connectivity index (χ1n) is 9.97. The summed E-state index contributed by atoms with van der Waals surface area (Å²) in [6, 6.07) is 5.10. The molecule has 0 spiro atoms. The van der Waals surface area contributed by atoms with Gasteiger partial charge in [-0.05, 0) is 43.0 Å². The Bertz CT molecular complexity index is 1010. The molecule has 0 aliphatic rings. The van der Waals surface area contributed by atoms with Crippen LogP contribution in [0.1, 0.15) is 39.2 Å². The molecule has 2 aromatic rings. The summed E-state index contributed by atoms with van der Waals surface area (Å²) in [5.74, 6) is 0.198. The fourth-order valence-electron chi connectivity index (χ4n) is 3.05. The van der Waals surface area contributed by atoms with Crippen LogP contribution in [0.25, 0.3) is 0 Å². The zero-order valence-corrected chi connectivity index (χ0v) is 18.6. The first-order chi connectivity index (χ1) is 14.1. The number of aryl methyl sites for hydroxylation is 1. The first kappa shape index (κ1) is 23.5. The minimum atomic E-state index is -0.690. The van der Waals surface area contributed by atoms with Crippen molar-refractivity contribution in [2.24, 2.45) is 5.92 Å². The molecule has 1 heterocycles. The Morgan fingerprint density at radius 3 is 2.63 bits per heavy atom. The van der Waals surface area contributed by atoms with Crippen molar-refractivity contribution in [2.75, 3.05) is 23.8 Å². The number of carbonyl (C=O) groups is 1. The Kier molecular flexibility index (Phi) is 8.11. The first-order valence-corrected chi connectivity index (χ1v) is 10.3. The van der Waals surface area contributed by atoms with Gasteiger partial charge in [0, 0.05) is 18.1 Å². The summed E-state index contributed by atoms with van der Waals surface area (Å²) in [5, 5.41) is 0.572. The lowest BCUT2D eigenvalue weighted by Crippen LogP contribution is -2.43. The molecule has 0 aliphatic heterocycles. The summed E-state index contributed by atoms with van der Waals surface area (Å²) >= 11 is 5.95. The molecule has 1 aromatic heterocycles. The van der Waals surface area contributed by atoms with E-state index in [0.717, 1.165) is 12.0 Å². The van der Waals surface area contributed by atoms with Gasteiger partial charge in [-0.3, -0.25) is 19.1 Å². The van der Waals surface area contributed by atoms with Crippen molar-refractivity contribution in [3.63, 3.8) is 0 Å². The van der Waals surface area contributed by atoms with E-state index in [-0.39, 0.29) is 30.6 Å². The predicted octanol–water partition coefficient (Wildman–Crippen LogP) is 2.95. The molecule has 0 saturated heterocycles. The molecule has 8 nitrogen and oxygen atoms in total. The summed E-state index contributed by atoms with van der Waals surface area (Å²) in [6.07, 6.45) is 1.47. The zero-order valence-electron chi connectivity index (χ0n) is 17.8.